The number of thioether (sulfide) groups is 2. The molecule has 632 valence electrons. The van der Waals surface area contributed by atoms with E-state index < -0.39 is 193 Å². The molecule has 22 N–H and O–H groups in total. The standard InChI is InChI=1S/C28H46N7O19P3S.C24H38N7O19P3S/c1-28(2,23(41)26(42)31-9-8-17(36)30-10-11-58-19(39)7-5-3-4-6-18(37)38)13-51-57(48,49)54-56(46,47)50-12-16-22(53-55(43,44)45)21(40)27(52-16)35-15-34-20-24(29)32-14-33-25(20)35;1-24(2,19(37)22(38)27-4-3-13(32)26-5-6-54-15(35)7-14(33)34)9-47-53(44,45)50-52(42,43)46-8-12-18(49-51(39,40)41)17(36)23(48-12)31-11-30-16-20(25)28-10-29-21(16)31/h14-16,21-23,27,40-41H,3-13H2,1-2H3,(H,30,36)(H,31,42)(H,37,38)(H,46,47)(H,48,49)(H2,29,32,33)(H2,43,44,45);10-12,17-19,23,36-37H,3-9H2,1-2H3,(H,26,32)(H,27,38)(H,33,34)(H,42,43)(H,44,45)(H2,25,28,29)(H2,39,40,41)/t16-,21-,22-,23+,27-;12-,17-,18-,19+,23-/m11/s1. The number of hydrogen-bond donors (Lipinski definition) is 20. The molecular formula is C52H84N14O38P6S2. The highest BCUT2D eigenvalue weighted by atomic mass is 32.2. The first-order valence-corrected chi connectivity index (χ1v) is 43.4. The van der Waals surface area contributed by atoms with E-state index in [2.05, 4.69) is 68.8 Å². The average Bonchev–Trinajstić information content (AvgIpc) is 1.62. The molecule has 4 aromatic heterocycles. The molecule has 4 unspecified atom stereocenters. The summed E-state index contributed by atoms with van der Waals surface area (Å²) < 4.78 is 124. The van der Waals surface area contributed by atoms with Gasteiger partial charge < -0.3 is 112 Å². The number of nitrogen functional groups attached to an aromatic ring is 2. The third-order valence-corrected chi connectivity index (χ3v) is 23.1. The Morgan fingerprint density at radius 3 is 1.27 bits per heavy atom. The van der Waals surface area contributed by atoms with Gasteiger partial charge >= 0.3 is 58.9 Å². The first-order valence-electron chi connectivity index (χ1n) is 32.4. The van der Waals surface area contributed by atoms with Crippen LogP contribution in [0.25, 0.3) is 22.3 Å². The van der Waals surface area contributed by atoms with E-state index in [-0.39, 0.29) is 96.7 Å². The van der Waals surface area contributed by atoms with Crippen molar-refractivity contribution in [1.82, 2.24) is 60.3 Å². The molecule has 0 radical (unpaired) electrons. The minimum Gasteiger partial charge on any atom is -0.481 e. The molecule has 2 fully saturated rings. The SMILES string of the molecule is CC(C)(COP(=O)(O)OP(=O)(O)OC[C@H]1O[C@@H](n2cnc3c(N)ncnc32)[C@H](O)[C@@H]1OP(=O)(O)O)[C@@H](O)C(=O)NCCC(=O)NCCSC(=O)CC(=O)O.CC(C)(COP(=O)(O)OP(=O)(O)OC[C@H]1O[C@@H](n2cnc3c(N)ncnc32)[C@H](O)[C@@H]1OP(=O)(O)O)[C@@H](O)C(=O)NCCC(=O)NCCSC(=O)CCCCCC(=O)O. The third-order valence-electron chi connectivity index (χ3n) is 15.1. The number of nitrogens with two attached hydrogens (primary N) is 2. The summed E-state index contributed by atoms with van der Waals surface area (Å²) in [6.45, 7) is 0.487. The Bertz CT molecular complexity index is 4250. The molecule has 6 rings (SSSR count). The van der Waals surface area contributed by atoms with E-state index in [1.165, 1.54) is 27.7 Å². The van der Waals surface area contributed by atoms with Gasteiger partial charge in [-0.3, -0.25) is 74.6 Å². The molecule has 14 atom stereocenters. The number of phosphoric acid groups is 6. The van der Waals surface area contributed by atoms with Crippen LogP contribution in [0.2, 0.25) is 0 Å². The summed E-state index contributed by atoms with van der Waals surface area (Å²) in [4.78, 5) is 195. The zero-order chi connectivity index (χ0) is 84.1. The van der Waals surface area contributed by atoms with Gasteiger partial charge in [-0.1, -0.05) is 57.6 Å². The van der Waals surface area contributed by atoms with Gasteiger partial charge in [0.1, 0.15) is 78.9 Å². The molecule has 6 heterocycles. The molecule has 0 aromatic carbocycles. The highest BCUT2D eigenvalue weighted by molar-refractivity contribution is 8.13. The quantitative estimate of drug-likeness (QED) is 0.0127. The van der Waals surface area contributed by atoms with E-state index in [4.69, 9.17) is 49.2 Å². The van der Waals surface area contributed by atoms with Crippen LogP contribution >= 0.6 is 70.5 Å². The minimum atomic E-state index is -5.59. The maximum absolute atomic E-state index is 12.7. The highest BCUT2D eigenvalue weighted by Gasteiger charge is 2.53. The number of amides is 4. The van der Waals surface area contributed by atoms with E-state index in [1.807, 2.05) is 0 Å². The number of carboxylic acid groups (broad SMARTS) is 2. The molecule has 2 saturated heterocycles. The number of rotatable bonds is 46. The van der Waals surface area contributed by atoms with E-state index in [1.54, 1.807) is 0 Å². The van der Waals surface area contributed by atoms with Crippen molar-refractivity contribution in [3.8, 4) is 0 Å². The van der Waals surface area contributed by atoms with Crippen LogP contribution in [0, 0.1) is 10.8 Å². The van der Waals surface area contributed by atoms with Gasteiger partial charge in [0.05, 0.1) is 39.1 Å². The van der Waals surface area contributed by atoms with Gasteiger partial charge in [0.25, 0.3) is 0 Å². The fourth-order valence-corrected chi connectivity index (χ4v) is 16.6. The zero-order valence-corrected chi connectivity index (χ0v) is 66.1. The summed E-state index contributed by atoms with van der Waals surface area (Å²) in [7, 11) is -32.9. The summed E-state index contributed by atoms with van der Waals surface area (Å²) >= 11 is 1.74. The predicted octanol–water partition coefficient (Wildman–Crippen LogP) is -2.16. The van der Waals surface area contributed by atoms with Crippen LogP contribution in [0.5, 0.6) is 0 Å². The summed E-state index contributed by atoms with van der Waals surface area (Å²) in [5, 5.41) is 68.9. The van der Waals surface area contributed by atoms with Gasteiger partial charge in [-0.25, -0.2) is 57.3 Å². The van der Waals surface area contributed by atoms with Gasteiger partial charge in [-0.2, -0.15) is 8.62 Å². The van der Waals surface area contributed by atoms with Gasteiger partial charge in [-0.05, 0) is 12.8 Å². The molecule has 112 heavy (non-hydrogen) atoms. The number of carbonyl (C=O) groups is 8. The van der Waals surface area contributed by atoms with Crippen LogP contribution < -0.4 is 32.7 Å². The lowest BCUT2D eigenvalue weighted by Crippen LogP contribution is -2.46. The zero-order valence-electron chi connectivity index (χ0n) is 59.1. The van der Waals surface area contributed by atoms with Crippen LogP contribution in [-0.2, 0) is 111 Å². The summed E-state index contributed by atoms with van der Waals surface area (Å²) in [6, 6.07) is 0. The van der Waals surface area contributed by atoms with Crippen molar-refractivity contribution < 1.29 is 181 Å². The second kappa shape index (κ2) is 42.3. The number of nitrogens with one attached hydrogen (secondary N) is 4. The largest absolute Gasteiger partial charge is 0.481 e. The fourth-order valence-electron chi connectivity index (χ4n) is 9.56. The number of anilines is 2. The van der Waals surface area contributed by atoms with Gasteiger partial charge in [0, 0.05) is 74.2 Å². The number of aromatic nitrogens is 8. The average molecular weight is 1760 g/mol. The second-order valence-corrected chi connectivity index (χ2v) is 35.9. The number of aliphatic carboxylic acids is 2. The number of imidazole rings is 2. The van der Waals surface area contributed by atoms with Crippen molar-refractivity contribution in [3.63, 3.8) is 0 Å². The third kappa shape index (κ3) is 31.9. The van der Waals surface area contributed by atoms with E-state index >= 15 is 0 Å². The van der Waals surface area contributed by atoms with E-state index in [9.17, 15) is 125 Å². The molecule has 0 spiro atoms. The lowest BCUT2D eigenvalue weighted by atomic mass is 9.87. The number of aliphatic hydroxyl groups is 4. The molecule has 2 aliphatic heterocycles. The van der Waals surface area contributed by atoms with Crippen molar-refractivity contribution in [2.75, 3.05) is 75.6 Å². The van der Waals surface area contributed by atoms with Crippen LogP contribution in [0.4, 0.5) is 11.6 Å². The Labute approximate surface area is 640 Å². The van der Waals surface area contributed by atoms with Crippen molar-refractivity contribution in [2.45, 2.75) is 140 Å². The molecule has 60 heteroatoms. The van der Waals surface area contributed by atoms with Crippen molar-refractivity contribution in [1.29, 1.82) is 0 Å². The van der Waals surface area contributed by atoms with Crippen LogP contribution in [0.1, 0.15) is 91.5 Å². The van der Waals surface area contributed by atoms with Gasteiger partial charge in [0.2, 0.25) is 23.6 Å². The number of unbranched alkanes of at least 4 members (excludes halogenated alkanes) is 2. The Morgan fingerprint density at radius 1 is 0.518 bits per heavy atom. The number of carboxylic acids is 2. The van der Waals surface area contributed by atoms with Crippen LogP contribution in [0.3, 0.4) is 0 Å². The number of ether oxygens (including phenoxy) is 2. The minimum absolute atomic E-state index is 0.0185. The number of nitrogens with zero attached hydrogens (tertiary/aromatic N) is 8. The Morgan fingerprint density at radius 2 is 0.893 bits per heavy atom. The Kier molecular flexibility index (Phi) is 36.5. The number of fused-ring (bicyclic) bond motifs is 2. The molecule has 4 aromatic rings. The molecule has 2 aliphatic rings. The van der Waals surface area contributed by atoms with E-state index in [0.29, 0.717) is 25.0 Å². The topological polar surface area (TPSA) is 802 Å². The maximum Gasteiger partial charge on any atom is 0.481 e. The molecule has 0 bridgehead atoms. The number of carbonyl (C=O) groups excluding carboxylic acids is 6. The summed E-state index contributed by atoms with van der Waals surface area (Å²) in [6.07, 6.45) is -12.8. The van der Waals surface area contributed by atoms with Crippen molar-refractivity contribution in [2.24, 2.45) is 10.8 Å². The molecule has 0 saturated carbocycles. The number of aliphatic hydroxyl groups excluding tert-OH is 4. The van der Waals surface area contributed by atoms with Gasteiger partial charge in [-0.15, -0.1) is 0 Å². The molecule has 52 nitrogen and oxygen atoms in total. The summed E-state index contributed by atoms with van der Waals surface area (Å²) in [5.41, 5.74) is 8.41. The van der Waals surface area contributed by atoms with Crippen molar-refractivity contribution in [3.05, 3.63) is 25.3 Å². The second-order valence-electron chi connectivity index (χ2n) is 25.1. The Hall–Kier alpha value is -5.94. The lowest BCUT2D eigenvalue weighted by Gasteiger charge is -2.30. The van der Waals surface area contributed by atoms with Crippen molar-refractivity contribution >= 4 is 150 Å². The predicted molar refractivity (Wildman–Crippen MR) is 377 cm³/mol. The molecule has 0 aliphatic carbocycles. The number of hydrogen-bond acceptors (Lipinski definition) is 38. The van der Waals surface area contributed by atoms with Gasteiger partial charge in [0.15, 0.2) is 45.6 Å². The Balaban J connectivity index is 0.000000401. The first kappa shape index (κ1) is 96.6. The summed E-state index contributed by atoms with van der Waals surface area (Å²) in [5.74, 6) is -4.92. The lowest BCUT2D eigenvalue weighted by molar-refractivity contribution is -0.139. The smallest absolute Gasteiger partial charge is 0.481 e. The van der Waals surface area contributed by atoms with E-state index in [0.717, 1.165) is 58.0 Å². The maximum atomic E-state index is 12.7. The monoisotopic (exact) mass is 1760 g/mol. The molecular weight excluding hydrogens is 1680 g/mol. The fraction of sp³-hybridized carbons (Fsp3) is 0.654. The van der Waals surface area contributed by atoms with Crippen LogP contribution in [-0.4, -0.2) is 268 Å². The number of phosphoric ester groups is 6. The highest BCUT2D eigenvalue weighted by Crippen LogP contribution is 2.63. The normalized spacial score (nSPS) is 21.6. The molecule has 4 amide bonds. The van der Waals surface area contributed by atoms with Crippen LogP contribution in [0.15, 0.2) is 25.3 Å². The first-order chi connectivity index (χ1) is 51.8.